The van der Waals surface area contributed by atoms with Crippen LogP contribution in [0.5, 0.6) is 0 Å². The van der Waals surface area contributed by atoms with E-state index < -0.39 is 16.1 Å². The van der Waals surface area contributed by atoms with Crippen molar-refractivity contribution in [1.29, 1.82) is 5.26 Å². The molecule has 1 aliphatic rings. The average molecular weight is 433 g/mol. The van der Waals surface area contributed by atoms with Crippen molar-refractivity contribution >= 4 is 27.8 Å². The molecular formula is C19H23N5O5S. The molecule has 1 aliphatic heterocycles. The number of carbonyl (C=O) groups is 1. The lowest BCUT2D eigenvalue weighted by molar-refractivity contribution is 0.0670. The van der Waals surface area contributed by atoms with Gasteiger partial charge in [0.05, 0.1) is 25.2 Å². The molecule has 1 amide bonds. The first-order valence-electron chi connectivity index (χ1n) is 9.39. The number of hydrogen-bond acceptors (Lipinski definition) is 8. The SMILES string of the molecule is Cc1ccc(C)c(Nc2nc(C(=O)NS(=O)(=O)N3CCOC(CC#N)CC3)co2)c1. The van der Waals surface area contributed by atoms with E-state index in [-0.39, 0.29) is 43.9 Å². The number of rotatable bonds is 6. The van der Waals surface area contributed by atoms with E-state index in [0.29, 0.717) is 6.42 Å². The van der Waals surface area contributed by atoms with Gasteiger partial charge in [0.2, 0.25) is 0 Å². The average Bonchev–Trinajstić information content (AvgIpc) is 3.02. The van der Waals surface area contributed by atoms with Crippen molar-refractivity contribution in [1.82, 2.24) is 14.0 Å². The quantitative estimate of drug-likeness (QED) is 0.706. The Labute approximate surface area is 175 Å². The fourth-order valence-electron chi connectivity index (χ4n) is 2.96. The Bertz CT molecular complexity index is 1060. The molecule has 30 heavy (non-hydrogen) atoms. The molecule has 0 spiro atoms. The monoisotopic (exact) mass is 433 g/mol. The molecule has 1 saturated heterocycles. The summed E-state index contributed by atoms with van der Waals surface area (Å²) < 4.78 is 39.0. The third kappa shape index (κ3) is 5.35. The molecular weight excluding hydrogens is 410 g/mol. The van der Waals surface area contributed by atoms with E-state index in [2.05, 4.69) is 10.3 Å². The lowest BCUT2D eigenvalue weighted by atomic mass is 10.1. The Morgan fingerprint density at radius 1 is 1.37 bits per heavy atom. The van der Waals surface area contributed by atoms with Crippen molar-refractivity contribution < 1.29 is 22.4 Å². The molecule has 3 rings (SSSR count). The summed E-state index contributed by atoms with van der Waals surface area (Å²) in [5.74, 6) is -0.897. The second kappa shape index (κ2) is 9.25. The van der Waals surface area contributed by atoms with Crippen molar-refractivity contribution in [3.8, 4) is 6.07 Å². The lowest BCUT2D eigenvalue weighted by Crippen LogP contribution is -2.44. The smallest absolute Gasteiger partial charge is 0.304 e. The fourth-order valence-corrected chi connectivity index (χ4v) is 4.09. The van der Waals surface area contributed by atoms with Crippen LogP contribution in [0.3, 0.4) is 0 Å². The lowest BCUT2D eigenvalue weighted by Gasteiger charge is -2.19. The van der Waals surface area contributed by atoms with E-state index in [4.69, 9.17) is 14.4 Å². The van der Waals surface area contributed by atoms with Crippen LogP contribution in [0.15, 0.2) is 28.9 Å². The predicted molar refractivity (Wildman–Crippen MR) is 108 cm³/mol. The Kier molecular flexibility index (Phi) is 6.71. The van der Waals surface area contributed by atoms with Crippen molar-refractivity contribution in [2.24, 2.45) is 0 Å². The molecule has 0 aliphatic carbocycles. The van der Waals surface area contributed by atoms with Crippen LogP contribution in [0.2, 0.25) is 0 Å². The second-order valence-electron chi connectivity index (χ2n) is 6.96. The molecule has 1 aromatic carbocycles. The van der Waals surface area contributed by atoms with Gasteiger partial charge in [0.15, 0.2) is 5.69 Å². The van der Waals surface area contributed by atoms with Gasteiger partial charge in [-0.05, 0) is 37.5 Å². The first-order valence-corrected chi connectivity index (χ1v) is 10.8. The number of nitrogens with zero attached hydrogens (tertiary/aromatic N) is 3. The number of aryl methyl sites for hydroxylation is 2. The second-order valence-corrected chi connectivity index (χ2v) is 8.63. The molecule has 2 heterocycles. The molecule has 1 fully saturated rings. The number of nitrogens with one attached hydrogen (secondary N) is 2. The number of aromatic nitrogens is 1. The van der Waals surface area contributed by atoms with Crippen molar-refractivity contribution in [2.75, 3.05) is 25.0 Å². The van der Waals surface area contributed by atoms with E-state index in [0.717, 1.165) is 27.4 Å². The van der Waals surface area contributed by atoms with Crippen LogP contribution in [0.25, 0.3) is 0 Å². The minimum atomic E-state index is -4.09. The third-order valence-corrected chi connectivity index (χ3v) is 6.14. The Balaban J connectivity index is 1.64. The summed E-state index contributed by atoms with van der Waals surface area (Å²) in [5.41, 5.74) is 2.61. The number of oxazole rings is 1. The zero-order valence-corrected chi connectivity index (χ0v) is 17.5. The minimum absolute atomic E-state index is 0.0776. The molecule has 1 atom stereocenters. The molecule has 2 aromatic rings. The number of anilines is 2. The van der Waals surface area contributed by atoms with Crippen LogP contribution in [0.4, 0.5) is 11.7 Å². The van der Waals surface area contributed by atoms with Crippen LogP contribution in [-0.4, -0.2) is 49.4 Å². The summed E-state index contributed by atoms with van der Waals surface area (Å²) in [5, 5.41) is 11.7. The number of ether oxygens (including phenoxy) is 1. The summed E-state index contributed by atoms with van der Waals surface area (Å²) in [4.78, 5) is 16.4. The summed E-state index contributed by atoms with van der Waals surface area (Å²) in [7, 11) is -4.09. The molecule has 0 saturated carbocycles. The van der Waals surface area contributed by atoms with E-state index in [1.165, 1.54) is 0 Å². The maximum Gasteiger partial charge on any atom is 0.304 e. The van der Waals surface area contributed by atoms with Gasteiger partial charge in [-0.15, -0.1) is 0 Å². The normalized spacial score (nSPS) is 17.7. The fraction of sp³-hybridized carbons (Fsp3) is 0.421. The summed E-state index contributed by atoms with van der Waals surface area (Å²) >= 11 is 0. The molecule has 160 valence electrons. The third-order valence-electron chi connectivity index (χ3n) is 4.65. The largest absolute Gasteiger partial charge is 0.431 e. The van der Waals surface area contributed by atoms with Gasteiger partial charge in [-0.2, -0.15) is 23.0 Å². The number of amides is 1. The number of hydrogen-bond donors (Lipinski definition) is 2. The molecule has 0 radical (unpaired) electrons. The molecule has 1 unspecified atom stereocenters. The van der Waals surface area contributed by atoms with Crippen LogP contribution in [0.1, 0.15) is 34.5 Å². The summed E-state index contributed by atoms with van der Waals surface area (Å²) in [6.07, 6.45) is 1.33. The molecule has 0 bridgehead atoms. The van der Waals surface area contributed by atoms with Gasteiger partial charge in [-0.25, -0.2) is 4.72 Å². The van der Waals surface area contributed by atoms with Gasteiger partial charge in [0.25, 0.3) is 11.9 Å². The van der Waals surface area contributed by atoms with Crippen LogP contribution in [0, 0.1) is 25.2 Å². The Morgan fingerprint density at radius 3 is 2.93 bits per heavy atom. The van der Waals surface area contributed by atoms with Crippen LogP contribution in [-0.2, 0) is 14.9 Å². The summed E-state index contributed by atoms with van der Waals surface area (Å²) in [6.45, 7) is 4.24. The first-order chi connectivity index (χ1) is 14.3. The van der Waals surface area contributed by atoms with Crippen LogP contribution >= 0.6 is 0 Å². The maximum atomic E-state index is 12.6. The minimum Gasteiger partial charge on any atom is -0.431 e. The molecule has 10 nitrogen and oxygen atoms in total. The molecule has 1 aromatic heterocycles. The van der Waals surface area contributed by atoms with E-state index >= 15 is 0 Å². The highest BCUT2D eigenvalue weighted by Crippen LogP contribution is 2.21. The predicted octanol–water partition coefficient (Wildman–Crippen LogP) is 2.01. The number of carbonyl (C=O) groups excluding carboxylic acids is 1. The van der Waals surface area contributed by atoms with Gasteiger partial charge in [-0.1, -0.05) is 12.1 Å². The first kappa shape index (κ1) is 21.8. The van der Waals surface area contributed by atoms with Gasteiger partial charge >= 0.3 is 10.2 Å². The van der Waals surface area contributed by atoms with E-state index in [1.807, 2.05) is 42.8 Å². The Morgan fingerprint density at radius 2 is 2.17 bits per heavy atom. The number of nitriles is 1. The zero-order valence-electron chi connectivity index (χ0n) is 16.7. The number of benzene rings is 1. The van der Waals surface area contributed by atoms with Crippen molar-refractivity contribution in [3.63, 3.8) is 0 Å². The Hall–Kier alpha value is -2.94. The van der Waals surface area contributed by atoms with Gasteiger partial charge in [0.1, 0.15) is 6.26 Å². The highest BCUT2D eigenvalue weighted by atomic mass is 32.2. The zero-order chi connectivity index (χ0) is 21.7. The van der Waals surface area contributed by atoms with Gasteiger partial charge in [-0.3, -0.25) is 4.79 Å². The highest BCUT2D eigenvalue weighted by Gasteiger charge is 2.29. The molecule has 11 heteroatoms. The van der Waals surface area contributed by atoms with E-state index in [1.54, 1.807) is 0 Å². The maximum absolute atomic E-state index is 12.6. The standard InChI is InChI=1S/C19H23N5O5S/c1-13-3-4-14(2)16(11-13)21-19-22-17(12-29-19)18(25)23-30(26,27)24-8-6-15(5-7-20)28-10-9-24/h3-4,11-12,15H,5-6,8-10H2,1-2H3,(H,21,22)(H,23,25). The van der Waals surface area contributed by atoms with Crippen molar-refractivity contribution in [3.05, 3.63) is 41.3 Å². The van der Waals surface area contributed by atoms with Crippen LogP contribution < -0.4 is 10.0 Å². The van der Waals surface area contributed by atoms with Crippen molar-refractivity contribution in [2.45, 2.75) is 32.8 Å². The van der Waals surface area contributed by atoms with E-state index in [9.17, 15) is 13.2 Å². The summed E-state index contributed by atoms with van der Waals surface area (Å²) in [6, 6.07) is 7.90. The van der Waals surface area contributed by atoms with Gasteiger partial charge in [0, 0.05) is 18.8 Å². The molecule has 2 N–H and O–H groups in total. The highest BCUT2D eigenvalue weighted by molar-refractivity contribution is 7.87. The van der Waals surface area contributed by atoms with Gasteiger partial charge < -0.3 is 14.5 Å². The topological polar surface area (TPSA) is 138 Å².